The topological polar surface area (TPSA) is 33.1 Å². The fraction of sp³-hybridized carbons (Fsp3) is 0.800. The molecular formula is C15H28N4. The van der Waals surface area contributed by atoms with Crippen LogP contribution in [0, 0.1) is 12.8 Å². The first-order valence-electron chi connectivity index (χ1n) is 7.65. The Morgan fingerprint density at radius 2 is 2.11 bits per heavy atom. The van der Waals surface area contributed by atoms with Gasteiger partial charge >= 0.3 is 0 Å². The van der Waals surface area contributed by atoms with Crippen molar-refractivity contribution in [3.8, 4) is 0 Å². The molecule has 1 aromatic rings. The first-order chi connectivity index (χ1) is 9.19. The first-order valence-corrected chi connectivity index (χ1v) is 7.65. The fourth-order valence-electron chi connectivity index (χ4n) is 2.93. The largest absolute Gasteiger partial charge is 0.311 e. The molecule has 2 heterocycles. The highest BCUT2D eigenvalue weighted by molar-refractivity contribution is 5.08. The second-order valence-corrected chi connectivity index (χ2v) is 5.84. The maximum absolute atomic E-state index is 4.48. The smallest absolute Gasteiger partial charge is 0.0597 e. The van der Waals surface area contributed by atoms with Crippen LogP contribution in [0.4, 0.5) is 0 Å². The molecule has 1 saturated heterocycles. The van der Waals surface area contributed by atoms with E-state index in [-0.39, 0.29) is 0 Å². The van der Waals surface area contributed by atoms with Crippen molar-refractivity contribution >= 4 is 0 Å². The highest BCUT2D eigenvalue weighted by atomic mass is 15.3. The van der Waals surface area contributed by atoms with Crippen LogP contribution in [0.3, 0.4) is 0 Å². The van der Waals surface area contributed by atoms with E-state index in [4.69, 9.17) is 0 Å². The van der Waals surface area contributed by atoms with Gasteiger partial charge in [-0.1, -0.05) is 6.92 Å². The van der Waals surface area contributed by atoms with E-state index in [1.807, 2.05) is 0 Å². The van der Waals surface area contributed by atoms with Crippen molar-refractivity contribution in [3.05, 3.63) is 17.5 Å². The molecule has 1 unspecified atom stereocenters. The summed E-state index contributed by atoms with van der Waals surface area (Å²) in [5.74, 6) is 0.720. The van der Waals surface area contributed by atoms with Crippen LogP contribution >= 0.6 is 0 Å². The molecule has 4 nitrogen and oxygen atoms in total. The summed E-state index contributed by atoms with van der Waals surface area (Å²) >= 11 is 0. The van der Waals surface area contributed by atoms with Crippen molar-refractivity contribution in [2.24, 2.45) is 5.92 Å². The number of hydrogen-bond donors (Lipinski definition) is 1. The monoisotopic (exact) mass is 264 g/mol. The molecule has 1 aliphatic heterocycles. The molecule has 0 aliphatic carbocycles. The summed E-state index contributed by atoms with van der Waals surface area (Å²) in [6.45, 7) is 13.3. The van der Waals surface area contributed by atoms with Crippen LogP contribution < -0.4 is 5.32 Å². The van der Waals surface area contributed by atoms with Gasteiger partial charge in [-0.15, -0.1) is 0 Å². The van der Waals surface area contributed by atoms with Gasteiger partial charge in [0.1, 0.15) is 0 Å². The van der Waals surface area contributed by atoms with E-state index in [2.05, 4.69) is 46.8 Å². The van der Waals surface area contributed by atoms with Crippen molar-refractivity contribution in [1.29, 1.82) is 0 Å². The Morgan fingerprint density at radius 3 is 2.79 bits per heavy atom. The standard InChI is InChI=1S/C15H28N4/c1-4-19-15(9-14(3)17-19)11-16-10-13(2)12-18-7-5-6-8-18/h9,13,16H,4-8,10-12H2,1-3H3. The van der Waals surface area contributed by atoms with Gasteiger partial charge < -0.3 is 10.2 Å². The zero-order valence-corrected chi connectivity index (χ0v) is 12.7. The summed E-state index contributed by atoms with van der Waals surface area (Å²) in [7, 11) is 0. The number of hydrogen-bond acceptors (Lipinski definition) is 3. The number of rotatable bonds is 7. The zero-order chi connectivity index (χ0) is 13.7. The van der Waals surface area contributed by atoms with E-state index in [0.29, 0.717) is 0 Å². The lowest BCUT2D eigenvalue weighted by atomic mass is 10.1. The van der Waals surface area contributed by atoms with Crippen LogP contribution in [0.15, 0.2) is 6.07 Å². The predicted molar refractivity (Wildman–Crippen MR) is 79.2 cm³/mol. The zero-order valence-electron chi connectivity index (χ0n) is 12.7. The second kappa shape index (κ2) is 7.06. The Labute approximate surface area is 117 Å². The van der Waals surface area contributed by atoms with Gasteiger partial charge in [-0.2, -0.15) is 5.10 Å². The minimum Gasteiger partial charge on any atom is -0.311 e. The van der Waals surface area contributed by atoms with Crippen molar-refractivity contribution in [2.45, 2.75) is 46.7 Å². The Bertz CT molecular complexity index is 379. The molecule has 0 aromatic carbocycles. The molecule has 2 rings (SSSR count). The number of nitrogens with zero attached hydrogens (tertiary/aromatic N) is 3. The van der Waals surface area contributed by atoms with Crippen LogP contribution in [-0.2, 0) is 13.1 Å². The number of aromatic nitrogens is 2. The summed E-state index contributed by atoms with van der Waals surface area (Å²) in [6, 6.07) is 2.18. The minimum atomic E-state index is 0.720. The number of nitrogens with one attached hydrogen (secondary N) is 1. The van der Waals surface area contributed by atoms with Gasteiger partial charge in [-0.25, -0.2) is 0 Å². The number of likely N-dealkylation sites (tertiary alicyclic amines) is 1. The summed E-state index contributed by atoms with van der Waals surface area (Å²) in [5, 5.41) is 8.05. The molecule has 1 aliphatic rings. The Balaban J connectivity index is 1.70. The summed E-state index contributed by atoms with van der Waals surface area (Å²) < 4.78 is 2.09. The Morgan fingerprint density at radius 1 is 1.37 bits per heavy atom. The molecule has 0 bridgehead atoms. The van der Waals surface area contributed by atoms with E-state index in [9.17, 15) is 0 Å². The molecule has 0 amide bonds. The molecule has 1 aromatic heterocycles. The molecule has 0 radical (unpaired) electrons. The molecule has 1 fully saturated rings. The first kappa shape index (κ1) is 14.5. The van der Waals surface area contributed by atoms with E-state index in [0.717, 1.165) is 31.2 Å². The number of aryl methyl sites for hydroxylation is 2. The van der Waals surface area contributed by atoms with Gasteiger partial charge in [0.25, 0.3) is 0 Å². The normalized spacial score (nSPS) is 18.1. The van der Waals surface area contributed by atoms with Gasteiger partial charge in [0.05, 0.1) is 11.4 Å². The predicted octanol–water partition coefficient (Wildman–Crippen LogP) is 2.03. The Hall–Kier alpha value is -0.870. The maximum Gasteiger partial charge on any atom is 0.0597 e. The van der Waals surface area contributed by atoms with Crippen LogP contribution in [-0.4, -0.2) is 40.9 Å². The van der Waals surface area contributed by atoms with Gasteiger partial charge in [0.2, 0.25) is 0 Å². The summed E-state index contributed by atoms with van der Waals surface area (Å²) in [5.41, 5.74) is 2.41. The summed E-state index contributed by atoms with van der Waals surface area (Å²) in [6.07, 6.45) is 2.77. The SMILES string of the molecule is CCn1nc(C)cc1CNCC(C)CN1CCCC1. The lowest BCUT2D eigenvalue weighted by Gasteiger charge is -2.20. The molecule has 1 N–H and O–H groups in total. The fourth-order valence-corrected chi connectivity index (χ4v) is 2.93. The third-order valence-electron chi connectivity index (χ3n) is 3.85. The summed E-state index contributed by atoms with van der Waals surface area (Å²) in [4.78, 5) is 2.59. The molecule has 0 spiro atoms. The van der Waals surface area contributed by atoms with Crippen LogP contribution in [0.25, 0.3) is 0 Å². The highest BCUT2D eigenvalue weighted by Crippen LogP contribution is 2.10. The second-order valence-electron chi connectivity index (χ2n) is 5.84. The van der Waals surface area contributed by atoms with Crippen molar-refractivity contribution < 1.29 is 0 Å². The highest BCUT2D eigenvalue weighted by Gasteiger charge is 2.14. The molecule has 4 heteroatoms. The van der Waals surface area contributed by atoms with Gasteiger partial charge in [0.15, 0.2) is 0 Å². The third-order valence-corrected chi connectivity index (χ3v) is 3.85. The van der Waals surface area contributed by atoms with Crippen LogP contribution in [0.2, 0.25) is 0 Å². The van der Waals surface area contributed by atoms with E-state index in [1.165, 1.54) is 38.2 Å². The van der Waals surface area contributed by atoms with Crippen LogP contribution in [0.5, 0.6) is 0 Å². The molecule has 19 heavy (non-hydrogen) atoms. The van der Waals surface area contributed by atoms with Gasteiger partial charge in [-0.3, -0.25) is 4.68 Å². The molecule has 108 valence electrons. The van der Waals surface area contributed by atoms with Gasteiger partial charge in [-0.05, 0) is 58.3 Å². The van der Waals surface area contributed by atoms with Crippen molar-refractivity contribution in [2.75, 3.05) is 26.2 Å². The minimum absolute atomic E-state index is 0.720. The average molecular weight is 264 g/mol. The quantitative estimate of drug-likeness (QED) is 0.818. The third kappa shape index (κ3) is 4.32. The van der Waals surface area contributed by atoms with Gasteiger partial charge in [0, 0.05) is 19.6 Å². The molecule has 0 saturated carbocycles. The molecule has 1 atom stereocenters. The van der Waals surface area contributed by atoms with Crippen molar-refractivity contribution in [3.63, 3.8) is 0 Å². The maximum atomic E-state index is 4.48. The van der Waals surface area contributed by atoms with E-state index >= 15 is 0 Å². The average Bonchev–Trinajstić information content (AvgIpc) is 2.99. The van der Waals surface area contributed by atoms with E-state index < -0.39 is 0 Å². The lowest BCUT2D eigenvalue weighted by molar-refractivity contribution is 0.282. The van der Waals surface area contributed by atoms with Crippen LogP contribution in [0.1, 0.15) is 38.1 Å². The van der Waals surface area contributed by atoms with E-state index in [1.54, 1.807) is 0 Å². The molecular weight excluding hydrogens is 236 g/mol. The Kier molecular flexibility index (Phi) is 5.40. The van der Waals surface area contributed by atoms with Crippen molar-refractivity contribution in [1.82, 2.24) is 20.0 Å². The lowest BCUT2D eigenvalue weighted by Crippen LogP contribution is -2.31.